The van der Waals surface area contributed by atoms with Crippen LogP contribution in [0.2, 0.25) is 0 Å². The predicted octanol–water partition coefficient (Wildman–Crippen LogP) is 3.87. The zero-order chi connectivity index (χ0) is 21.1. The monoisotopic (exact) mass is 408 g/mol. The summed E-state index contributed by atoms with van der Waals surface area (Å²) in [5.41, 5.74) is 1.58. The molecular formula is C23H29FN6. The quantitative estimate of drug-likeness (QED) is 0.620. The molecule has 1 fully saturated rings. The molecule has 1 unspecified atom stereocenters. The minimum atomic E-state index is -0.329. The zero-order valence-corrected chi connectivity index (χ0v) is 17.9. The Morgan fingerprint density at radius 2 is 1.63 bits per heavy atom. The lowest BCUT2D eigenvalue weighted by molar-refractivity contribution is 0.184. The number of piperazine rings is 1. The Morgan fingerprint density at radius 3 is 2.30 bits per heavy atom. The molecule has 4 rings (SSSR count). The Hall–Kier alpha value is -2.80. The summed E-state index contributed by atoms with van der Waals surface area (Å²) in [6.45, 7) is 9.67. The first-order valence-electron chi connectivity index (χ1n) is 10.6. The molecule has 0 amide bonds. The van der Waals surface area contributed by atoms with Crippen LogP contribution < -0.4 is 4.90 Å². The van der Waals surface area contributed by atoms with Crippen molar-refractivity contribution in [1.29, 1.82) is 0 Å². The highest BCUT2D eigenvalue weighted by atomic mass is 19.1. The van der Waals surface area contributed by atoms with Gasteiger partial charge >= 0.3 is 0 Å². The smallest absolute Gasteiger partial charge is 0.173 e. The summed E-state index contributed by atoms with van der Waals surface area (Å²) < 4.78 is 16.8. The van der Waals surface area contributed by atoms with Crippen molar-refractivity contribution in [2.45, 2.75) is 38.8 Å². The van der Waals surface area contributed by atoms with E-state index in [0.717, 1.165) is 32.6 Å². The van der Waals surface area contributed by atoms with Gasteiger partial charge in [0.15, 0.2) is 5.82 Å². The maximum atomic E-state index is 14.9. The van der Waals surface area contributed by atoms with E-state index in [1.54, 1.807) is 6.07 Å². The molecule has 2 heterocycles. The van der Waals surface area contributed by atoms with Gasteiger partial charge in [-0.15, -0.1) is 5.10 Å². The fourth-order valence-corrected chi connectivity index (χ4v) is 4.02. The fourth-order valence-electron chi connectivity index (χ4n) is 4.02. The number of halogens is 1. The van der Waals surface area contributed by atoms with Gasteiger partial charge in [-0.25, -0.2) is 9.07 Å². The molecule has 1 aromatic heterocycles. The maximum absolute atomic E-state index is 14.9. The molecule has 0 aliphatic carbocycles. The standard InChI is InChI=1S/C23H29FN6/c1-4-23(2,3)30-22(25-26-27-30)21(19-12-8-9-13-20(19)24)29-16-14-28(15-17-29)18-10-6-5-7-11-18/h5-13,21H,4,14-17H2,1-3H3. The summed E-state index contributed by atoms with van der Waals surface area (Å²) in [7, 11) is 0. The summed E-state index contributed by atoms with van der Waals surface area (Å²) in [6.07, 6.45) is 0.872. The van der Waals surface area contributed by atoms with Crippen LogP contribution in [0.3, 0.4) is 0 Å². The lowest BCUT2D eigenvalue weighted by Gasteiger charge is -2.40. The third-order valence-corrected chi connectivity index (χ3v) is 6.18. The first-order valence-corrected chi connectivity index (χ1v) is 10.6. The van der Waals surface area contributed by atoms with Gasteiger partial charge in [0.25, 0.3) is 0 Å². The van der Waals surface area contributed by atoms with Crippen LogP contribution >= 0.6 is 0 Å². The molecule has 3 aromatic rings. The van der Waals surface area contributed by atoms with Crippen LogP contribution in [0.4, 0.5) is 10.1 Å². The molecule has 1 atom stereocenters. The van der Waals surface area contributed by atoms with Crippen LogP contribution in [0.5, 0.6) is 0 Å². The van der Waals surface area contributed by atoms with E-state index in [1.807, 2.05) is 22.9 Å². The van der Waals surface area contributed by atoms with Crippen LogP contribution in [0, 0.1) is 5.82 Å². The number of aromatic nitrogens is 4. The Morgan fingerprint density at radius 1 is 0.967 bits per heavy atom. The first-order chi connectivity index (χ1) is 14.5. The number of nitrogens with zero attached hydrogens (tertiary/aromatic N) is 6. The minimum Gasteiger partial charge on any atom is -0.369 e. The number of hydrogen-bond donors (Lipinski definition) is 0. The van der Waals surface area contributed by atoms with Crippen LogP contribution in [0.1, 0.15) is 44.6 Å². The molecule has 30 heavy (non-hydrogen) atoms. The van der Waals surface area contributed by atoms with E-state index in [2.05, 4.69) is 70.4 Å². The van der Waals surface area contributed by atoms with E-state index < -0.39 is 0 Å². The first kappa shape index (κ1) is 20.5. The summed E-state index contributed by atoms with van der Waals surface area (Å²) >= 11 is 0. The highest BCUT2D eigenvalue weighted by molar-refractivity contribution is 5.46. The van der Waals surface area contributed by atoms with Crippen LogP contribution in [0.15, 0.2) is 54.6 Å². The predicted molar refractivity (Wildman–Crippen MR) is 116 cm³/mol. The third-order valence-electron chi connectivity index (χ3n) is 6.18. The summed E-state index contributed by atoms with van der Waals surface area (Å²) in [4.78, 5) is 4.67. The number of benzene rings is 2. The molecule has 0 spiro atoms. The summed E-state index contributed by atoms with van der Waals surface area (Å²) in [6, 6.07) is 17.1. The highest BCUT2D eigenvalue weighted by Gasteiger charge is 2.35. The van der Waals surface area contributed by atoms with E-state index in [-0.39, 0.29) is 17.4 Å². The van der Waals surface area contributed by atoms with Crippen LogP contribution in [-0.2, 0) is 5.54 Å². The number of hydrogen-bond acceptors (Lipinski definition) is 5. The molecule has 6 nitrogen and oxygen atoms in total. The second kappa shape index (κ2) is 8.52. The number of rotatable bonds is 6. The van der Waals surface area contributed by atoms with E-state index in [0.29, 0.717) is 11.4 Å². The highest BCUT2D eigenvalue weighted by Crippen LogP contribution is 2.33. The second-order valence-corrected chi connectivity index (χ2v) is 8.40. The lowest BCUT2D eigenvalue weighted by atomic mass is 9.98. The van der Waals surface area contributed by atoms with Gasteiger partial charge in [0.1, 0.15) is 11.9 Å². The van der Waals surface area contributed by atoms with Crippen molar-refractivity contribution in [2.24, 2.45) is 0 Å². The van der Waals surface area contributed by atoms with Gasteiger partial charge in [0.2, 0.25) is 0 Å². The summed E-state index contributed by atoms with van der Waals surface area (Å²) in [5, 5.41) is 12.6. The van der Waals surface area contributed by atoms with E-state index >= 15 is 0 Å². The Kier molecular flexibility index (Phi) is 5.81. The van der Waals surface area contributed by atoms with Gasteiger partial charge in [-0.3, -0.25) is 4.90 Å². The Bertz CT molecular complexity index is 963. The van der Waals surface area contributed by atoms with Crippen molar-refractivity contribution in [1.82, 2.24) is 25.1 Å². The molecule has 158 valence electrons. The van der Waals surface area contributed by atoms with Crippen LogP contribution in [-0.4, -0.2) is 51.3 Å². The molecule has 1 saturated heterocycles. The zero-order valence-electron chi connectivity index (χ0n) is 17.9. The molecule has 7 heteroatoms. The molecule has 1 aliphatic heterocycles. The number of tetrazole rings is 1. The third kappa shape index (κ3) is 3.94. The number of anilines is 1. The molecule has 1 aliphatic rings. The van der Waals surface area contributed by atoms with Crippen molar-refractivity contribution >= 4 is 5.69 Å². The molecule has 0 N–H and O–H groups in total. The van der Waals surface area contributed by atoms with Crippen LogP contribution in [0.25, 0.3) is 0 Å². The SMILES string of the molecule is CCC(C)(C)n1nnnc1C(c1ccccc1F)N1CCN(c2ccccc2)CC1. The van der Waals surface area contributed by atoms with Gasteiger partial charge in [0.05, 0.1) is 5.54 Å². The maximum Gasteiger partial charge on any atom is 0.173 e. The Labute approximate surface area is 177 Å². The van der Waals surface area contributed by atoms with Gasteiger partial charge in [-0.1, -0.05) is 43.3 Å². The molecule has 0 bridgehead atoms. The largest absolute Gasteiger partial charge is 0.369 e. The average molecular weight is 409 g/mol. The van der Waals surface area contributed by atoms with Crippen molar-refractivity contribution in [3.8, 4) is 0 Å². The molecule has 0 saturated carbocycles. The van der Waals surface area contributed by atoms with E-state index in [1.165, 1.54) is 11.8 Å². The van der Waals surface area contributed by atoms with Crippen molar-refractivity contribution in [3.05, 3.63) is 71.8 Å². The van der Waals surface area contributed by atoms with Gasteiger partial charge in [0, 0.05) is 37.4 Å². The molecular weight excluding hydrogens is 379 g/mol. The average Bonchev–Trinajstić information content (AvgIpc) is 3.27. The van der Waals surface area contributed by atoms with E-state index in [9.17, 15) is 4.39 Å². The van der Waals surface area contributed by atoms with Crippen molar-refractivity contribution < 1.29 is 4.39 Å². The summed E-state index contributed by atoms with van der Waals surface area (Å²) in [5.74, 6) is 0.469. The second-order valence-electron chi connectivity index (χ2n) is 8.40. The molecule has 0 radical (unpaired) electrons. The van der Waals surface area contributed by atoms with Gasteiger partial charge < -0.3 is 4.90 Å². The Balaban J connectivity index is 1.67. The minimum absolute atomic E-state index is 0.225. The lowest BCUT2D eigenvalue weighted by Crippen LogP contribution is -2.49. The van der Waals surface area contributed by atoms with Gasteiger partial charge in [-0.05, 0) is 48.9 Å². The van der Waals surface area contributed by atoms with Gasteiger partial charge in [-0.2, -0.15) is 0 Å². The molecule has 2 aromatic carbocycles. The number of para-hydroxylation sites is 1. The normalized spacial score (nSPS) is 16.6. The van der Waals surface area contributed by atoms with Crippen molar-refractivity contribution in [3.63, 3.8) is 0 Å². The van der Waals surface area contributed by atoms with E-state index in [4.69, 9.17) is 0 Å². The van der Waals surface area contributed by atoms with Crippen molar-refractivity contribution in [2.75, 3.05) is 31.1 Å². The fraction of sp³-hybridized carbons (Fsp3) is 0.435. The topological polar surface area (TPSA) is 50.1 Å².